The van der Waals surface area contributed by atoms with Gasteiger partial charge in [-0.2, -0.15) is 0 Å². The molecule has 0 bridgehead atoms. The van der Waals surface area contributed by atoms with Gasteiger partial charge in [-0.05, 0) is 25.6 Å². The molecule has 1 aromatic heterocycles. The molecule has 0 spiro atoms. The molecule has 0 aliphatic carbocycles. The number of hydrogen-bond donors (Lipinski definition) is 1. The Kier molecular flexibility index (Phi) is 4.32. The molecular weight excluding hydrogens is 176 g/mol. The van der Waals surface area contributed by atoms with Gasteiger partial charge in [0.25, 0.3) is 0 Å². The molecule has 1 aromatic rings. The topological polar surface area (TPSA) is 41.0 Å². The standard InChI is InChI=1S/C10H18N4/c1-9(7-11-2)8-14(3)10-12-5-4-6-13-10/h4-6,9,11H,7-8H2,1-3H3. The van der Waals surface area contributed by atoms with Crippen molar-refractivity contribution in [2.45, 2.75) is 6.92 Å². The highest BCUT2D eigenvalue weighted by Gasteiger charge is 2.07. The number of nitrogens with zero attached hydrogens (tertiary/aromatic N) is 3. The molecule has 0 aliphatic rings. The molecule has 4 nitrogen and oxygen atoms in total. The second-order valence-corrected chi connectivity index (χ2v) is 3.59. The summed E-state index contributed by atoms with van der Waals surface area (Å²) in [5.74, 6) is 1.38. The van der Waals surface area contributed by atoms with Crippen LogP contribution in [0.3, 0.4) is 0 Å². The van der Waals surface area contributed by atoms with Gasteiger partial charge in [0.15, 0.2) is 0 Å². The maximum atomic E-state index is 4.19. The Labute approximate surface area is 85.4 Å². The van der Waals surface area contributed by atoms with E-state index in [-0.39, 0.29) is 0 Å². The van der Waals surface area contributed by atoms with Crippen molar-refractivity contribution in [2.24, 2.45) is 5.92 Å². The van der Waals surface area contributed by atoms with Crippen molar-refractivity contribution in [3.05, 3.63) is 18.5 Å². The lowest BCUT2D eigenvalue weighted by molar-refractivity contribution is 0.539. The summed E-state index contributed by atoms with van der Waals surface area (Å²) in [6.07, 6.45) is 3.53. The van der Waals surface area contributed by atoms with Gasteiger partial charge in [-0.3, -0.25) is 0 Å². The molecule has 1 heterocycles. The summed E-state index contributed by atoms with van der Waals surface area (Å²) in [7, 11) is 3.98. The summed E-state index contributed by atoms with van der Waals surface area (Å²) < 4.78 is 0. The minimum absolute atomic E-state index is 0.591. The lowest BCUT2D eigenvalue weighted by Gasteiger charge is -2.20. The number of rotatable bonds is 5. The highest BCUT2D eigenvalue weighted by molar-refractivity contribution is 5.26. The molecule has 1 atom stereocenters. The first-order valence-corrected chi connectivity index (χ1v) is 4.86. The van der Waals surface area contributed by atoms with Crippen LogP contribution in [0.15, 0.2) is 18.5 Å². The van der Waals surface area contributed by atoms with Crippen LogP contribution in [0, 0.1) is 5.92 Å². The van der Waals surface area contributed by atoms with Crippen LogP contribution in [0.2, 0.25) is 0 Å². The van der Waals surface area contributed by atoms with Crippen LogP contribution in [0.4, 0.5) is 5.95 Å². The van der Waals surface area contributed by atoms with Crippen LogP contribution in [0.5, 0.6) is 0 Å². The van der Waals surface area contributed by atoms with Crippen LogP contribution >= 0.6 is 0 Å². The number of anilines is 1. The molecule has 0 saturated heterocycles. The first-order chi connectivity index (χ1) is 6.74. The second-order valence-electron chi connectivity index (χ2n) is 3.59. The van der Waals surface area contributed by atoms with Crippen LogP contribution in [0.25, 0.3) is 0 Å². The zero-order chi connectivity index (χ0) is 10.4. The van der Waals surface area contributed by atoms with Crippen molar-refractivity contribution in [3.8, 4) is 0 Å². The molecule has 4 heteroatoms. The Morgan fingerprint density at radius 1 is 1.43 bits per heavy atom. The molecule has 0 fully saturated rings. The zero-order valence-electron chi connectivity index (χ0n) is 9.07. The fourth-order valence-electron chi connectivity index (χ4n) is 1.45. The number of hydrogen-bond acceptors (Lipinski definition) is 4. The molecule has 0 aromatic carbocycles. The number of nitrogens with one attached hydrogen (secondary N) is 1. The van der Waals surface area contributed by atoms with Gasteiger partial charge < -0.3 is 10.2 Å². The second kappa shape index (κ2) is 5.54. The van der Waals surface area contributed by atoms with Gasteiger partial charge >= 0.3 is 0 Å². The van der Waals surface area contributed by atoms with Crippen molar-refractivity contribution in [3.63, 3.8) is 0 Å². The van der Waals surface area contributed by atoms with E-state index in [4.69, 9.17) is 0 Å². The van der Waals surface area contributed by atoms with Crippen LogP contribution < -0.4 is 10.2 Å². The summed E-state index contributed by atoms with van der Waals surface area (Å²) >= 11 is 0. The first-order valence-electron chi connectivity index (χ1n) is 4.86. The summed E-state index contributed by atoms with van der Waals surface area (Å²) in [6.45, 7) is 4.18. The molecule has 1 rings (SSSR count). The molecule has 14 heavy (non-hydrogen) atoms. The Balaban J connectivity index is 2.46. The summed E-state index contributed by atoms with van der Waals surface area (Å²) in [5.41, 5.74) is 0. The minimum atomic E-state index is 0.591. The predicted molar refractivity (Wildman–Crippen MR) is 58.4 cm³/mol. The highest BCUT2D eigenvalue weighted by atomic mass is 15.2. The SMILES string of the molecule is CNCC(C)CN(C)c1ncccn1. The van der Waals surface area contributed by atoms with E-state index in [1.165, 1.54) is 0 Å². The maximum absolute atomic E-state index is 4.19. The zero-order valence-corrected chi connectivity index (χ0v) is 9.07. The average molecular weight is 194 g/mol. The van der Waals surface area contributed by atoms with E-state index in [0.29, 0.717) is 5.92 Å². The van der Waals surface area contributed by atoms with Crippen molar-refractivity contribution in [1.29, 1.82) is 0 Å². The predicted octanol–water partition coefficient (Wildman–Crippen LogP) is 0.768. The Morgan fingerprint density at radius 3 is 2.64 bits per heavy atom. The molecule has 0 radical (unpaired) electrons. The van der Waals surface area contributed by atoms with E-state index in [1.807, 2.05) is 20.2 Å². The van der Waals surface area contributed by atoms with Crippen LogP contribution in [-0.4, -0.2) is 37.2 Å². The monoisotopic (exact) mass is 194 g/mol. The Hall–Kier alpha value is -1.16. The average Bonchev–Trinajstić information content (AvgIpc) is 2.19. The normalized spacial score (nSPS) is 12.5. The highest BCUT2D eigenvalue weighted by Crippen LogP contribution is 2.05. The largest absolute Gasteiger partial charge is 0.344 e. The molecule has 0 saturated carbocycles. The van der Waals surface area contributed by atoms with Gasteiger partial charge in [0.1, 0.15) is 0 Å². The van der Waals surface area contributed by atoms with E-state index in [9.17, 15) is 0 Å². The van der Waals surface area contributed by atoms with Crippen LogP contribution in [-0.2, 0) is 0 Å². The molecule has 0 amide bonds. The van der Waals surface area contributed by atoms with Crippen LogP contribution in [0.1, 0.15) is 6.92 Å². The van der Waals surface area contributed by atoms with Gasteiger partial charge in [0, 0.05) is 26.0 Å². The van der Waals surface area contributed by atoms with Crippen molar-refractivity contribution < 1.29 is 0 Å². The molecular formula is C10H18N4. The minimum Gasteiger partial charge on any atom is -0.344 e. The Morgan fingerprint density at radius 2 is 2.07 bits per heavy atom. The summed E-state index contributed by atoms with van der Waals surface area (Å²) in [4.78, 5) is 10.4. The molecule has 78 valence electrons. The summed E-state index contributed by atoms with van der Waals surface area (Å²) in [6, 6.07) is 1.83. The van der Waals surface area contributed by atoms with E-state index in [1.54, 1.807) is 12.4 Å². The van der Waals surface area contributed by atoms with E-state index < -0.39 is 0 Å². The third kappa shape index (κ3) is 3.30. The first kappa shape index (κ1) is 10.9. The number of aromatic nitrogens is 2. The lowest BCUT2D eigenvalue weighted by Crippen LogP contribution is -2.30. The quantitative estimate of drug-likeness (QED) is 0.751. The van der Waals surface area contributed by atoms with Crippen molar-refractivity contribution in [1.82, 2.24) is 15.3 Å². The maximum Gasteiger partial charge on any atom is 0.224 e. The Bertz CT molecular complexity index is 250. The third-order valence-corrected chi connectivity index (χ3v) is 2.03. The summed E-state index contributed by atoms with van der Waals surface area (Å²) in [5, 5.41) is 3.16. The molecule has 1 N–H and O–H groups in total. The molecule has 0 aliphatic heterocycles. The van der Waals surface area contributed by atoms with E-state index in [0.717, 1.165) is 19.0 Å². The van der Waals surface area contributed by atoms with Crippen molar-refractivity contribution >= 4 is 5.95 Å². The third-order valence-electron chi connectivity index (χ3n) is 2.03. The van der Waals surface area contributed by atoms with Gasteiger partial charge in [-0.25, -0.2) is 9.97 Å². The van der Waals surface area contributed by atoms with E-state index in [2.05, 4.69) is 27.1 Å². The van der Waals surface area contributed by atoms with E-state index >= 15 is 0 Å². The smallest absolute Gasteiger partial charge is 0.224 e. The lowest BCUT2D eigenvalue weighted by atomic mass is 10.2. The van der Waals surface area contributed by atoms with Crippen molar-refractivity contribution in [2.75, 3.05) is 32.1 Å². The fraction of sp³-hybridized carbons (Fsp3) is 0.600. The molecule has 1 unspecified atom stereocenters. The van der Waals surface area contributed by atoms with Gasteiger partial charge in [0.05, 0.1) is 0 Å². The van der Waals surface area contributed by atoms with Gasteiger partial charge in [0.2, 0.25) is 5.95 Å². The van der Waals surface area contributed by atoms with Gasteiger partial charge in [-0.1, -0.05) is 6.92 Å². The fourth-order valence-corrected chi connectivity index (χ4v) is 1.45. The van der Waals surface area contributed by atoms with Gasteiger partial charge in [-0.15, -0.1) is 0 Å².